The summed E-state index contributed by atoms with van der Waals surface area (Å²) in [6, 6.07) is 9.28. The predicted molar refractivity (Wildman–Crippen MR) is 80.2 cm³/mol. The molecule has 2 aromatic rings. The molecule has 1 amide bonds. The number of nitrogens with one attached hydrogen (secondary N) is 1. The Bertz CT molecular complexity index is 660. The van der Waals surface area contributed by atoms with Crippen molar-refractivity contribution < 1.29 is 9.90 Å². The Hall–Kier alpha value is -1.91. The lowest BCUT2D eigenvalue weighted by Gasteiger charge is -2.09. The molecular formula is C14H12Cl2N2O2. The highest BCUT2D eigenvalue weighted by molar-refractivity contribution is 6.36. The Morgan fingerprint density at radius 3 is 2.65 bits per heavy atom. The first-order valence-corrected chi connectivity index (χ1v) is 6.53. The Morgan fingerprint density at radius 2 is 1.95 bits per heavy atom. The molecule has 104 valence electrons. The van der Waals surface area contributed by atoms with E-state index in [2.05, 4.69) is 5.32 Å². The summed E-state index contributed by atoms with van der Waals surface area (Å²) in [6.45, 7) is 0.147. The molecule has 20 heavy (non-hydrogen) atoms. The van der Waals surface area contributed by atoms with Crippen LogP contribution in [0, 0.1) is 0 Å². The molecule has 0 saturated carbocycles. The van der Waals surface area contributed by atoms with Gasteiger partial charge in [0, 0.05) is 22.8 Å². The maximum absolute atomic E-state index is 12.0. The third-order valence-electron chi connectivity index (χ3n) is 2.72. The van der Waals surface area contributed by atoms with Crippen LogP contribution in [0.2, 0.25) is 10.0 Å². The minimum absolute atomic E-state index is 0.0710. The number of phenols is 1. The lowest BCUT2D eigenvalue weighted by molar-refractivity contribution is 0.0951. The van der Waals surface area contributed by atoms with Crippen molar-refractivity contribution in [3.8, 4) is 5.75 Å². The van der Waals surface area contributed by atoms with Crippen LogP contribution in [0.15, 0.2) is 36.4 Å². The number of rotatable bonds is 3. The lowest BCUT2D eigenvalue weighted by atomic mass is 10.1. The number of aromatic hydroxyl groups is 1. The monoisotopic (exact) mass is 310 g/mol. The fourth-order valence-electron chi connectivity index (χ4n) is 1.69. The van der Waals surface area contributed by atoms with Crippen molar-refractivity contribution in [2.45, 2.75) is 6.54 Å². The van der Waals surface area contributed by atoms with Crippen LogP contribution in [0.5, 0.6) is 5.75 Å². The summed E-state index contributed by atoms with van der Waals surface area (Å²) in [6.07, 6.45) is 0. The molecule has 6 heteroatoms. The molecule has 4 nitrogen and oxygen atoms in total. The Balaban J connectivity index is 2.10. The van der Waals surface area contributed by atoms with E-state index in [0.717, 1.165) is 0 Å². The normalized spacial score (nSPS) is 10.3. The summed E-state index contributed by atoms with van der Waals surface area (Å²) < 4.78 is 0. The summed E-state index contributed by atoms with van der Waals surface area (Å²) in [5, 5.41) is 13.0. The molecule has 0 spiro atoms. The molecule has 0 heterocycles. The first-order valence-electron chi connectivity index (χ1n) is 5.78. The highest BCUT2D eigenvalue weighted by Crippen LogP contribution is 2.22. The van der Waals surface area contributed by atoms with Crippen molar-refractivity contribution in [3.05, 3.63) is 57.6 Å². The molecular weight excluding hydrogens is 299 g/mol. The Labute approximate surface area is 126 Å². The van der Waals surface area contributed by atoms with Gasteiger partial charge in [0.05, 0.1) is 10.6 Å². The van der Waals surface area contributed by atoms with Crippen LogP contribution in [-0.2, 0) is 6.54 Å². The van der Waals surface area contributed by atoms with Gasteiger partial charge in [-0.05, 0) is 36.4 Å². The molecule has 0 radical (unpaired) electrons. The van der Waals surface area contributed by atoms with Gasteiger partial charge in [0.15, 0.2) is 0 Å². The number of phenolic OH excluding ortho intramolecular Hbond substituents is 1. The van der Waals surface area contributed by atoms with Crippen LogP contribution >= 0.6 is 23.2 Å². The molecule has 0 aliphatic rings. The predicted octanol–water partition coefficient (Wildman–Crippen LogP) is 3.21. The smallest absolute Gasteiger partial charge is 0.253 e. The Morgan fingerprint density at radius 1 is 1.20 bits per heavy atom. The van der Waals surface area contributed by atoms with E-state index in [-0.39, 0.29) is 23.2 Å². The van der Waals surface area contributed by atoms with E-state index in [1.165, 1.54) is 12.1 Å². The minimum atomic E-state index is -0.353. The number of nitrogens with two attached hydrogens (primary N) is 1. The standard InChI is InChI=1S/C14H12Cl2N2O2/c15-9-1-3-11(12(16)6-9)14(20)18-7-8-5-10(17)2-4-13(8)19/h1-6,19H,7,17H2,(H,18,20). The second-order valence-corrected chi connectivity index (χ2v) is 5.04. The van der Waals surface area contributed by atoms with Crippen LogP contribution in [0.25, 0.3) is 0 Å². The topological polar surface area (TPSA) is 75.3 Å². The van der Waals surface area contributed by atoms with Crippen molar-refractivity contribution in [3.63, 3.8) is 0 Å². The average Bonchev–Trinajstić information content (AvgIpc) is 2.39. The van der Waals surface area contributed by atoms with Gasteiger partial charge in [-0.25, -0.2) is 0 Å². The molecule has 0 unspecified atom stereocenters. The first kappa shape index (κ1) is 14.5. The largest absolute Gasteiger partial charge is 0.508 e. The average molecular weight is 311 g/mol. The number of anilines is 1. The van der Waals surface area contributed by atoms with Gasteiger partial charge in [0.25, 0.3) is 5.91 Å². The van der Waals surface area contributed by atoms with Gasteiger partial charge in [-0.2, -0.15) is 0 Å². The maximum atomic E-state index is 12.0. The van der Waals surface area contributed by atoms with Crippen molar-refractivity contribution in [1.29, 1.82) is 0 Å². The number of benzene rings is 2. The van der Waals surface area contributed by atoms with Gasteiger partial charge in [0.1, 0.15) is 5.75 Å². The van der Waals surface area contributed by atoms with E-state index in [4.69, 9.17) is 28.9 Å². The number of hydrogen-bond donors (Lipinski definition) is 3. The number of hydrogen-bond acceptors (Lipinski definition) is 3. The summed E-state index contributed by atoms with van der Waals surface area (Å²) in [7, 11) is 0. The van der Waals surface area contributed by atoms with E-state index < -0.39 is 0 Å². The lowest BCUT2D eigenvalue weighted by Crippen LogP contribution is -2.23. The van der Waals surface area contributed by atoms with Crippen molar-refractivity contribution in [1.82, 2.24) is 5.32 Å². The fourth-order valence-corrected chi connectivity index (χ4v) is 2.19. The number of carbonyl (C=O) groups excluding carboxylic acids is 1. The van der Waals surface area contributed by atoms with Crippen LogP contribution in [0.1, 0.15) is 15.9 Å². The molecule has 0 aromatic heterocycles. The molecule has 0 saturated heterocycles. The molecule has 0 bridgehead atoms. The highest BCUT2D eigenvalue weighted by Gasteiger charge is 2.11. The molecule has 4 N–H and O–H groups in total. The van der Waals surface area contributed by atoms with Gasteiger partial charge in [-0.15, -0.1) is 0 Å². The van der Waals surface area contributed by atoms with Crippen molar-refractivity contribution in [2.75, 3.05) is 5.73 Å². The number of halogens is 2. The summed E-state index contributed by atoms with van der Waals surface area (Å²) in [4.78, 5) is 12.0. The molecule has 0 aliphatic heterocycles. The van der Waals surface area contributed by atoms with Crippen molar-refractivity contribution >= 4 is 34.8 Å². The Kier molecular flexibility index (Phi) is 4.37. The SMILES string of the molecule is Nc1ccc(O)c(CNC(=O)c2ccc(Cl)cc2Cl)c1. The van der Waals surface area contributed by atoms with Gasteiger partial charge in [-0.3, -0.25) is 4.79 Å². The van der Waals surface area contributed by atoms with E-state index in [0.29, 0.717) is 21.8 Å². The summed E-state index contributed by atoms with van der Waals surface area (Å²) in [5.41, 5.74) is 6.99. The van der Waals surface area contributed by atoms with Crippen molar-refractivity contribution in [2.24, 2.45) is 0 Å². The van der Waals surface area contributed by atoms with Crippen LogP contribution in [0.4, 0.5) is 5.69 Å². The van der Waals surface area contributed by atoms with Crippen LogP contribution < -0.4 is 11.1 Å². The molecule has 0 atom stereocenters. The third kappa shape index (κ3) is 3.35. The van der Waals surface area contributed by atoms with Gasteiger partial charge in [0.2, 0.25) is 0 Å². The second kappa shape index (κ2) is 6.03. The zero-order valence-corrected chi connectivity index (χ0v) is 11.9. The molecule has 0 aliphatic carbocycles. The highest BCUT2D eigenvalue weighted by atomic mass is 35.5. The van der Waals surface area contributed by atoms with E-state index in [1.54, 1.807) is 24.3 Å². The zero-order valence-electron chi connectivity index (χ0n) is 10.4. The zero-order chi connectivity index (χ0) is 14.7. The van der Waals surface area contributed by atoms with E-state index in [1.807, 2.05) is 0 Å². The van der Waals surface area contributed by atoms with Crippen LogP contribution in [0.3, 0.4) is 0 Å². The second-order valence-electron chi connectivity index (χ2n) is 4.19. The molecule has 0 fully saturated rings. The fraction of sp³-hybridized carbons (Fsp3) is 0.0714. The van der Waals surface area contributed by atoms with Gasteiger partial charge < -0.3 is 16.2 Å². The molecule has 2 rings (SSSR count). The van der Waals surface area contributed by atoms with Crippen LogP contribution in [-0.4, -0.2) is 11.0 Å². The quantitative estimate of drug-likeness (QED) is 0.602. The number of nitrogen functional groups attached to an aromatic ring is 1. The summed E-state index contributed by atoms with van der Waals surface area (Å²) in [5.74, 6) is -0.282. The third-order valence-corrected chi connectivity index (χ3v) is 3.27. The minimum Gasteiger partial charge on any atom is -0.508 e. The maximum Gasteiger partial charge on any atom is 0.253 e. The van der Waals surface area contributed by atoms with E-state index in [9.17, 15) is 9.90 Å². The van der Waals surface area contributed by atoms with Gasteiger partial charge in [-0.1, -0.05) is 23.2 Å². The number of amides is 1. The number of carbonyl (C=O) groups is 1. The molecule has 2 aromatic carbocycles. The van der Waals surface area contributed by atoms with E-state index >= 15 is 0 Å². The summed E-state index contributed by atoms with van der Waals surface area (Å²) >= 11 is 11.7. The first-order chi connectivity index (χ1) is 9.47. The van der Waals surface area contributed by atoms with Gasteiger partial charge >= 0.3 is 0 Å².